The molecule has 1 heterocycles. The Kier molecular flexibility index (Phi) is 4.57. The van der Waals surface area contributed by atoms with Gasteiger partial charge in [0.15, 0.2) is 0 Å². The summed E-state index contributed by atoms with van der Waals surface area (Å²) in [6, 6.07) is 8.10. The van der Waals surface area contributed by atoms with E-state index in [0.717, 1.165) is 30.9 Å². The van der Waals surface area contributed by atoms with E-state index in [0.29, 0.717) is 6.04 Å². The van der Waals surface area contributed by atoms with Crippen molar-refractivity contribution in [3.63, 3.8) is 0 Å². The Morgan fingerprint density at radius 2 is 1.90 bits per heavy atom. The van der Waals surface area contributed by atoms with Gasteiger partial charge in [-0.25, -0.2) is 0 Å². The molecule has 1 aliphatic rings. The molecule has 0 atom stereocenters. The molecule has 1 aliphatic heterocycles. The number of benzene rings is 1. The van der Waals surface area contributed by atoms with Crippen LogP contribution in [0, 0.1) is 0 Å². The van der Waals surface area contributed by atoms with E-state index in [4.69, 9.17) is 0 Å². The van der Waals surface area contributed by atoms with E-state index in [1.165, 1.54) is 0 Å². The number of piperazine rings is 1. The Bertz CT molecular complexity index is 511. The fourth-order valence-electron chi connectivity index (χ4n) is 2.69. The number of likely N-dealkylation sites (N-methyl/N-ethyl adjacent to an activating group) is 1. The van der Waals surface area contributed by atoms with Crippen LogP contribution in [0.3, 0.4) is 0 Å². The molecule has 1 aromatic carbocycles. The highest BCUT2D eigenvalue weighted by molar-refractivity contribution is 5.99. The number of carbonyl (C=O) groups excluding carboxylic acids is 1. The van der Waals surface area contributed by atoms with Crippen molar-refractivity contribution in [1.82, 2.24) is 9.80 Å². The van der Waals surface area contributed by atoms with Crippen molar-refractivity contribution >= 4 is 11.6 Å². The van der Waals surface area contributed by atoms with E-state index >= 15 is 0 Å². The van der Waals surface area contributed by atoms with Gasteiger partial charge in [-0.05, 0) is 46.9 Å². The van der Waals surface area contributed by atoms with Gasteiger partial charge in [0.05, 0.1) is 5.56 Å². The Balaban J connectivity index is 2.21. The quantitative estimate of drug-likeness (QED) is 0.929. The molecule has 1 saturated heterocycles. The normalized spacial score (nSPS) is 18.9. The fraction of sp³-hybridized carbons (Fsp3) is 0.588. The van der Waals surface area contributed by atoms with E-state index in [1.54, 1.807) is 0 Å². The molecule has 21 heavy (non-hydrogen) atoms. The van der Waals surface area contributed by atoms with Crippen LogP contribution in [-0.4, -0.2) is 54.0 Å². The fourth-order valence-corrected chi connectivity index (χ4v) is 2.69. The summed E-state index contributed by atoms with van der Waals surface area (Å²) in [6.07, 6.45) is 0. The summed E-state index contributed by atoms with van der Waals surface area (Å²) >= 11 is 0. The lowest BCUT2D eigenvalue weighted by Crippen LogP contribution is -2.58. The predicted molar refractivity (Wildman–Crippen MR) is 87.8 cm³/mol. The van der Waals surface area contributed by atoms with Crippen LogP contribution in [0.1, 0.15) is 38.1 Å². The van der Waals surface area contributed by atoms with Gasteiger partial charge in [-0.1, -0.05) is 12.1 Å². The van der Waals surface area contributed by atoms with Crippen molar-refractivity contribution in [3.05, 3.63) is 29.8 Å². The summed E-state index contributed by atoms with van der Waals surface area (Å²) in [4.78, 5) is 17.2. The SMILES string of the molecule is CC(C)Nc1ccccc1C(=O)N1CCN(C)C(C)(C)C1. The van der Waals surface area contributed by atoms with Gasteiger partial charge in [0.25, 0.3) is 5.91 Å². The molecule has 0 aliphatic carbocycles. The summed E-state index contributed by atoms with van der Waals surface area (Å²) < 4.78 is 0. The molecule has 0 aromatic heterocycles. The zero-order valence-corrected chi connectivity index (χ0v) is 13.8. The maximum absolute atomic E-state index is 12.9. The first-order valence-corrected chi connectivity index (χ1v) is 7.67. The van der Waals surface area contributed by atoms with Crippen molar-refractivity contribution in [2.75, 3.05) is 32.0 Å². The number of para-hydroxylation sites is 1. The van der Waals surface area contributed by atoms with Crippen molar-refractivity contribution in [1.29, 1.82) is 0 Å². The summed E-state index contributed by atoms with van der Waals surface area (Å²) in [7, 11) is 2.12. The van der Waals surface area contributed by atoms with E-state index in [9.17, 15) is 4.79 Å². The molecule has 1 N–H and O–H groups in total. The van der Waals surface area contributed by atoms with Gasteiger partial charge in [-0.2, -0.15) is 0 Å². The largest absolute Gasteiger partial charge is 0.382 e. The molecule has 1 fully saturated rings. The number of anilines is 1. The molecule has 1 aromatic rings. The van der Waals surface area contributed by atoms with Crippen LogP contribution >= 0.6 is 0 Å². The summed E-state index contributed by atoms with van der Waals surface area (Å²) in [5.74, 6) is 0.125. The highest BCUT2D eigenvalue weighted by Gasteiger charge is 2.34. The minimum absolute atomic E-state index is 0.0222. The zero-order chi connectivity index (χ0) is 15.6. The number of nitrogens with zero attached hydrogens (tertiary/aromatic N) is 2. The Morgan fingerprint density at radius 3 is 2.52 bits per heavy atom. The third-order valence-corrected chi connectivity index (χ3v) is 4.21. The monoisotopic (exact) mass is 289 g/mol. The van der Waals surface area contributed by atoms with Crippen molar-refractivity contribution in [2.24, 2.45) is 0 Å². The number of carbonyl (C=O) groups is 1. The number of rotatable bonds is 3. The summed E-state index contributed by atoms with van der Waals surface area (Å²) in [5.41, 5.74) is 1.72. The number of hydrogen-bond acceptors (Lipinski definition) is 3. The van der Waals surface area contributed by atoms with E-state index in [2.05, 4.69) is 45.0 Å². The zero-order valence-electron chi connectivity index (χ0n) is 13.8. The molecule has 1 amide bonds. The molecule has 0 radical (unpaired) electrons. The second kappa shape index (κ2) is 6.06. The summed E-state index contributed by atoms with van der Waals surface area (Å²) in [5, 5.41) is 3.36. The highest BCUT2D eigenvalue weighted by Crippen LogP contribution is 2.23. The molecule has 2 rings (SSSR count). The van der Waals surface area contributed by atoms with Gasteiger partial charge in [0.1, 0.15) is 0 Å². The van der Waals surface area contributed by atoms with Crippen LogP contribution in [0.15, 0.2) is 24.3 Å². The number of nitrogens with one attached hydrogen (secondary N) is 1. The molecule has 0 saturated carbocycles. The molecule has 0 bridgehead atoms. The van der Waals surface area contributed by atoms with Crippen LogP contribution < -0.4 is 5.32 Å². The second-order valence-electron chi connectivity index (χ2n) is 6.81. The molecule has 0 unspecified atom stereocenters. The van der Waals surface area contributed by atoms with Gasteiger partial charge in [-0.3, -0.25) is 9.69 Å². The Labute approximate surface area is 128 Å². The van der Waals surface area contributed by atoms with Gasteiger partial charge in [-0.15, -0.1) is 0 Å². The lowest BCUT2D eigenvalue weighted by Gasteiger charge is -2.45. The van der Waals surface area contributed by atoms with Crippen LogP contribution in [0.5, 0.6) is 0 Å². The van der Waals surface area contributed by atoms with Crippen LogP contribution in [0.25, 0.3) is 0 Å². The molecule has 0 spiro atoms. The lowest BCUT2D eigenvalue weighted by atomic mass is 9.99. The Morgan fingerprint density at radius 1 is 1.24 bits per heavy atom. The maximum Gasteiger partial charge on any atom is 0.256 e. The van der Waals surface area contributed by atoms with E-state index in [1.807, 2.05) is 29.2 Å². The first-order valence-electron chi connectivity index (χ1n) is 7.67. The standard InChI is InChI=1S/C17H27N3O/c1-13(2)18-15-9-7-6-8-14(15)16(21)20-11-10-19(5)17(3,4)12-20/h6-9,13,18H,10-12H2,1-5H3. The maximum atomic E-state index is 12.9. The number of hydrogen-bond donors (Lipinski definition) is 1. The first-order chi connectivity index (χ1) is 9.81. The van der Waals surface area contributed by atoms with Gasteiger partial charge >= 0.3 is 0 Å². The van der Waals surface area contributed by atoms with Crippen molar-refractivity contribution < 1.29 is 4.79 Å². The van der Waals surface area contributed by atoms with E-state index < -0.39 is 0 Å². The number of amides is 1. The minimum atomic E-state index is 0.0222. The van der Waals surface area contributed by atoms with Crippen LogP contribution in [0.2, 0.25) is 0 Å². The summed E-state index contributed by atoms with van der Waals surface area (Å²) in [6.45, 7) is 11.0. The minimum Gasteiger partial charge on any atom is -0.382 e. The van der Waals surface area contributed by atoms with E-state index in [-0.39, 0.29) is 11.4 Å². The van der Waals surface area contributed by atoms with Crippen LogP contribution in [-0.2, 0) is 0 Å². The predicted octanol–water partition coefficient (Wildman–Crippen LogP) is 2.67. The van der Waals surface area contributed by atoms with Gasteiger partial charge in [0.2, 0.25) is 0 Å². The molecule has 116 valence electrons. The molecule has 4 nitrogen and oxygen atoms in total. The second-order valence-corrected chi connectivity index (χ2v) is 6.81. The smallest absolute Gasteiger partial charge is 0.256 e. The third kappa shape index (κ3) is 3.56. The van der Waals surface area contributed by atoms with Crippen molar-refractivity contribution in [3.8, 4) is 0 Å². The first kappa shape index (κ1) is 15.8. The third-order valence-electron chi connectivity index (χ3n) is 4.21. The average molecular weight is 289 g/mol. The lowest BCUT2D eigenvalue weighted by molar-refractivity contribution is 0.0312. The topological polar surface area (TPSA) is 35.6 Å². The van der Waals surface area contributed by atoms with Gasteiger partial charge < -0.3 is 10.2 Å². The molecular formula is C17H27N3O. The Hall–Kier alpha value is -1.55. The molecular weight excluding hydrogens is 262 g/mol. The van der Waals surface area contributed by atoms with Crippen molar-refractivity contribution in [2.45, 2.75) is 39.3 Å². The van der Waals surface area contributed by atoms with Gasteiger partial charge in [0, 0.05) is 36.9 Å². The highest BCUT2D eigenvalue weighted by atomic mass is 16.2. The molecule has 4 heteroatoms. The average Bonchev–Trinajstić information content (AvgIpc) is 2.41. The van der Waals surface area contributed by atoms with Crippen LogP contribution in [0.4, 0.5) is 5.69 Å².